The van der Waals surface area contributed by atoms with Crippen LogP contribution in [-0.2, 0) is 21.7 Å². The van der Waals surface area contributed by atoms with E-state index in [-0.39, 0.29) is 91.1 Å². The van der Waals surface area contributed by atoms with Crippen molar-refractivity contribution in [1.29, 1.82) is 0 Å². The van der Waals surface area contributed by atoms with Gasteiger partial charge in [-0.05, 0) is 0 Å². The van der Waals surface area contributed by atoms with Crippen LogP contribution in [0.4, 0.5) is 0 Å². The number of aliphatic hydroxyl groups is 1. The summed E-state index contributed by atoms with van der Waals surface area (Å²) in [5.74, 6) is 0. The molecule has 0 amide bonds. The van der Waals surface area contributed by atoms with E-state index < -0.39 is 0 Å². The number of halogens is 2. The quantitative estimate of drug-likeness (QED) is 0.473. The third kappa shape index (κ3) is 154. The predicted octanol–water partition coefficient (Wildman–Crippen LogP) is 4.98. The van der Waals surface area contributed by atoms with Crippen molar-refractivity contribution in [3.63, 3.8) is 0 Å². The van der Waals surface area contributed by atoms with Crippen molar-refractivity contribution in [2.45, 2.75) is 19.5 Å². The second-order valence-electron chi connectivity index (χ2n) is 1.58. The van der Waals surface area contributed by atoms with E-state index >= 15 is 0 Å². The number of rotatable bonds is 0. The minimum atomic E-state index is 0. The molecule has 0 aromatic carbocycles. The first-order valence-electron chi connectivity index (χ1n) is 3.32. The van der Waals surface area contributed by atoms with E-state index in [2.05, 4.69) is 25.2 Å². The molecule has 0 atom stereocenters. The summed E-state index contributed by atoms with van der Waals surface area (Å²) in [7, 11) is 1.75. The van der Waals surface area contributed by atoms with Gasteiger partial charge in [0.15, 0.2) is 0 Å². The van der Waals surface area contributed by atoms with Crippen LogP contribution < -0.4 is 0 Å². The summed E-state index contributed by atoms with van der Waals surface area (Å²) in [4.78, 5) is 0. The van der Waals surface area contributed by atoms with Crippen LogP contribution in [0, 0.1) is 50.6 Å². The second kappa shape index (κ2) is 126. The number of allylic oxidation sites excluding steroid dienone is 4. The van der Waals surface area contributed by atoms with E-state index in [9.17, 15) is 0 Å². The normalized spacial score (nSPS) is 5.89. The molecule has 0 heterocycles. The Balaban J connectivity index is -0.00000000481. The fourth-order valence-electron chi connectivity index (χ4n) is 0.340. The Hall–Kier alpha value is 0.951. The molecule has 1 nitrogen and oxygen atoms in total. The summed E-state index contributed by atoms with van der Waals surface area (Å²) in [5, 5.41) is 7.00. The van der Waals surface area contributed by atoms with Crippen molar-refractivity contribution in [1.82, 2.24) is 0 Å². The van der Waals surface area contributed by atoms with E-state index in [1.165, 1.54) is 0 Å². The molecule has 5 heteroatoms. The Morgan fingerprint density at radius 3 is 1.21 bits per heavy atom. The van der Waals surface area contributed by atoms with Gasteiger partial charge in [-0.15, -0.1) is 31.2 Å². The van der Waals surface area contributed by atoms with Gasteiger partial charge in [0, 0.05) is 38.3 Å². The zero-order chi connectivity index (χ0) is 8.24. The maximum absolute atomic E-state index is 7.00. The monoisotopic (exact) mass is 366 g/mol. The Morgan fingerprint density at radius 2 is 1.16 bits per heavy atom. The Morgan fingerprint density at radius 1 is 0.895 bits per heavy atom. The smallest absolute Gasteiger partial charge is 0.0319 e. The second-order valence-corrected chi connectivity index (χ2v) is 2.74. The molecular weight excluding hydrogens is 331 g/mol. The van der Waals surface area contributed by atoms with Crippen LogP contribution in [0.3, 0.4) is 0 Å². The van der Waals surface area contributed by atoms with Crippen molar-refractivity contribution >= 4 is 34.3 Å². The Labute approximate surface area is 156 Å². The van der Waals surface area contributed by atoms with Gasteiger partial charge >= 0.3 is 0 Å². The van der Waals surface area contributed by atoms with Crippen LogP contribution >= 0.6 is 24.8 Å². The fourth-order valence-corrected chi connectivity index (χ4v) is 0.340. The van der Waals surface area contributed by atoms with Gasteiger partial charge in [-0.3, -0.25) is 6.08 Å². The molecule has 0 saturated carbocycles. The van der Waals surface area contributed by atoms with Gasteiger partial charge in [-0.1, -0.05) is 13.1 Å². The third-order valence-electron chi connectivity index (χ3n) is 0.586. The van der Waals surface area contributed by atoms with Gasteiger partial charge < -0.3 is 49.7 Å². The van der Waals surface area contributed by atoms with E-state index in [1.807, 2.05) is 12.2 Å². The van der Waals surface area contributed by atoms with Crippen molar-refractivity contribution in [2.24, 2.45) is 0 Å². The summed E-state index contributed by atoms with van der Waals surface area (Å²) in [6.07, 6.45) is 10.0. The maximum atomic E-state index is 7.00. The van der Waals surface area contributed by atoms with Gasteiger partial charge in [0.05, 0.1) is 0 Å². The van der Waals surface area contributed by atoms with Crippen LogP contribution in [0.5, 0.6) is 0 Å². The molecular formula is C14H36Cl2OSiTi-7. The molecule has 19 heavy (non-hydrogen) atoms. The van der Waals surface area contributed by atoms with Crippen LogP contribution in [0.2, 0.25) is 13.1 Å². The molecule has 0 aromatic heterocycles. The van der Waals surface area contributed by atoms with Crippen LogP contribution in [0.25, 0.3) is 0 Å². The fraction of sp³-hybridized carbons (Fsp3) is 0.286. The molecule has 127 valence electrons. The zero-order valence-corrected chi connectivity index (χ0v) is 18.6. The maximum Gasteiger partial charge on any atom is 0.0319 e. The van der Waals surface area contributed by atoms with Crippen molar-refractivity contribution in [3.05, 3.63) is 68.9 Å². The Kier molecular flexibility index (Phi) is 595. The molecule has 1 aliphatic carbocycles. The molecule has 1 N–H and O–H groups in total. The van der Waals surface area contributed by atoms with Crippen molar-refractivity contribution in [3.8, 4) is 0 Å². The average Bonchev–Trinajstić information content (AvgIpc) is 2.48. The van der Waals surface area contributed by atoms with Gasteiger partial charge in [0.1, 0.15) is 0 Å². The first kappa shape index (κ1) is 89.4. The van der Waals surface area contributed by atoms with Gasteiger partial charge in [-0.2, -0.15) is 6.08 Å². The molecule has 0 unspecified atom stereocenters. The van der Waals surface area contributed by atoms with Gasteiger partial charge in [0.25, 0.3) is 0 Å². The molecule has 1 rings (SSSR count). The first-order chi connectivity index (χ1) is 4.91. The standard InChI is InChI=1S/C5H5.C2H7Si.CH4O.6CH3.2ClH.Ti/c1-2-4-5-3-1;1-3-2;1-2;;;;;;;;;/h1-3H,4H2;3H,1-2H3;2H,1H3;6*1H3;2*1H;/q-1;;;6*-1;;;. The number of aliphatic hydroxyl groups excluding tert-OH is 1. The molecule has 1 aliphatic rings. The third-order valence-corrected chi connectivity index (χ3v) is 0.586. The SMILES string of the molecule is CO.C[SiH]C.Cl.Cl.[C-]1=CC=CC1.[CH3-].[CH3-].[CH3-].[CH3-].[CH3-].[CH3-].[Ti]. The van der Waals surface area contributed by atoms with Crippen LogP contribution in [-0.4, -0.2) is 21.7 Å². The topological polar surface area (TPSA) is 20.2 Å². The van der Waals surface area contributed by atoms with Gasteiger partial charge in [-0.25, -0.2) is 12.2 Å². The molecule has 0 fully saturated rings. The summed E-state index contributed by atoms with van der Waals surface area (Å²) in [6.45, 7) is 4.42. The van der Waals surface area contributed by atoms with Crippen LogP contribution in [0.15, 0.2) is 18.2 Å². The molecule has 0 bridgehead atoms. The molecule has 1 radical (unpaired) electrons. The van der Waals surface area contributed by atoms with E-state index in [0.29, 0.717) is 0 Å². The summed E-state index contributed by atoms with van der Waals surface area (Å²) < 4.78 is 0. The predicted molar refractivity (Wildman–Crippen MR) is 102 cm³/mol. The molecule has 0 aliphatic heterocycles. The first-order valence-corrected chi connectivity index (χ1v) is 5.63. The van der Waals surface area contributed by atoms with Crippen molar-refractivity contribution < 1.29 is 26.8 Å². The Bertz CT molecular complexity index is 93.4. The minimum Gasteiger partial charge on any atom is -0.400 e. The molecule has 0 saturated heterocycles. The molecule has 0 aromatic rings. The minimum absolute atomic E-state index is 0. The summed E-state index contributed by atoms with van der Waals surface area (Å²) in [5.41, 5.74) is 0. The molecule has 0 spiro atoms. The van der Waals surface area contributed by atoms with E-state index in [4.69, 9.17) is 5.11 Å². The number of hydrogen-bond acceptors (Lipinski definition) is 1. The van der Waals surface area contributed by atoms with E-state index in [0.717, 1.165) is 23.1 Å². The largest absolute Gasteiger partial charge is 0.400 e. The van der Waals surface area contributed by atoms with Crippen molar-refractivity contribution in [2.75, 3.05) is 7.11 Å². The van der Waals surface area contributed by atoms with E-state index in [1.54, 1.807) is 0 Å². The van der Waals surface area contributed by atoms with Gasteiger partial charge in [0.2, 0.25) is 0 Å². The summed E-state index contributed by atoms with van der Waals surface area (Å²) in [6, 6.07) is 0. The van der Waals surface area contributed by atoms with Crippen LogP contribution in [0.1, 0.15) is 6.42 Å². The zero-order valence-electron chi connectivity index (χ0n) is 14.3. The summed E-state index contributed by atoms with van der Waals surface area (Å²) >= 11 is 0. The number of hydrogen-bond donors (Lipinski definition) is 1. The average molecular weight is 367 g/mol.